The highest BCUT2D eigenvalue weighted by Gasteiger charge is 2.16. The molecule has 4 aromatic rings. The van der Waals surface area contributed by atoms with Crippen LogP contribution in [-0.2, 0) is 17.8 Å². The van der Waals surface area contributed by atoms with E-state index in [-0.39, 0.29) is 5.91 Å². The predicted octanol–water partition coefficient (Wildman–Crippen LogP) is 6.13. The van der Waals surface area contributed by atoms with Gasteiger partial charge in [-0.15, -0.1) is 0 Å². The van der Waals surface area contributed by atoms with Crippen LogP contribution in [0.25, 0.3) is 10.9 Å². The summed E-state index contributed by atoms with van der Waals surface area (Å²) in [4.78, 5) is 16.3. The summed E-state index contributed by atoms with van der Waals surface area (Å²) in [5.74, 6) is 0.861. The van der Waals surface area contributed by atoms with Gasteiger partial charge in [0.1, 0.15) is 5.75 Å². The molecule has 2 aromatic carbocycles. The minimum absolute atomic E-state index is 0.0186. The predicted molar refractivity (Wildman–Crippen MR) is 132 cm³/mol. The number of carbonyl (C=O) groups excluding carboxylic acids is 1. The lowest BCUT2D eigenvalue weighted by molar-refractivity contribution is -0.116. The van der Waals surface area contributed by atoms with Crippen LogP contribution in [0.2, 0.25) is 0 Å². The minimum Gasteiger partial charge on any atom is -0.497 e. The highest BCUT2D eigenvalue weighted by atomic mass is 79.9. The third kappa shape index (κ3) is 5.02. The number of aromatic nitrogens is 2. The second-order valence-electron chi connectivity index (χ2n) is 7.80. The van der Waals surface area contributed by atoms with Crippen LogP contribution in [-0.4, -0.2) is 22.6 Å². The Hall–Kier alpha value is -3.12. The van der Waals surface area contributed by atoms with Crippen molar-refractivity contribution in [2.75, 3.05) is 12.4 Å². The van der Waals surface area contributed by atoms with E-state index in [9.17, 15) is 4.79 Å². The van der Waals surface area contributed by atoms with Gasteiger partial charge in [0.05, 0.1) is 7.11 Å². The van der Waals surface area contributed by atoms with Gasteiger partial charge in [-0.3, -0.25) is 9.78 Å². The molecule has 0 aliphatic heterocycles. The Balaban J connectivity index is 1.55. The topological polar surface area (TPSA) is 56.1 Å². The maximum absolute atomic E-state index is 12.4. The lowest BCUT2D eigenvalue weighted by Gasteiger charge is -2.10. The van der Waals surface area contributed by atoms with Crippen LogP contribution >= 0.6 is 15.9 Å². The van der Waals surface area contributed by atoms with Crippen LogP contribution in [0.3, 0.4) is 0 Å². The van der Waals surface area contributed by atoms with Crippen molar-refractivity contribution in [2.24, 2.45) is 0 Å². The van der Waals surface area contributed by atoms with Gasteiger partial charge >= 0.3 is 0 Å². The number of ether oxygens (including phenoxy) is 1. The fourth-order valence-corrected chi connectivity index (χ4v) is 4.30. The minimum atomic E-state index is 0.0186. The smallest absolute Gasteiger partial charge is 0.224 e. The van der Waals surface area contributed by atoms with Gasteiger partial charge in [-0.05, 0) is 73.4 Å². The van der Waals surface area contributed by atoms with Crippen molar-refractivity contribution in [1.29, 1.82) is 0 Å². The van der Waals surface area contributed by atoms with Crippen LogP contribution < -0.4 is 10.1 Å². The molecule has 6 heteroatoms. The third-order valence-corrected chi connectivity index (χ3v) is 6.24. The Morgan fingerprint density at radius 1 is 1.09 bits per heavy atom. The number of nitrogens with zero attached hydrogens (tertiary/aromatic N) is 2. The van der Waals surface area contributed by atoms with Gasteiger partial charge in [0.25, 0.3) is 0 Å². The molecule has 0 spiro atoms. The van der Waals surface area contributed by atoms with Crippen LogP contribution in [0, 0.1) is 6.92 Å². The molecule has 5 nitrogen and oxygen atoms in total. The average molecular weight is 492 g/mol. The number of rotatable bonds is 8. The van der Waals surface area contributed by atoms with Crippen LogP contribution in [0.1, 0.15) is 29.7 Å². The lowest BCUT2D eigenvalue weighted by atomic mass is 10.0. The van der Waals surface area contributed by atoms with Gasteiger partial charge in [0, 0.05) is 52.1 Å². The van der Waals surface area contributed by atoms with Crippen LogP contribution in [0.5, 0.6) is 5.75 Å². The summed E-state index contributed by atoms with van der Waals surface area (Å²) >= 11 is 3.51. The molecule has 32 heavy (non-hydrogen) atoms. The van der Waals surface area contributed by atoms with Crippen molar-refractivity contribution in [3.05, 3.63) is 88.3 Å². The number of aryl methyl sites for hydroxylation is 1. The van der Waals surface area contributed by atoms with E-state index in [0.29, 0.717) is 6.42 Å². The summed E-state index contributed by atoms with van der Waals surface area (Å²) in [7, 11) is 1.69. The molecule has 1 amide bonds. The van der Waals surface area contributed by atoms with Crippen LogP contribution in [0.15, 0.2) is 71.5 Å². The molecule has 2 aromatic heterocycles. The molecule has 0 bridgehead atoms. The molecule has 0 saturated carbocycles. The maximum Gasteiger partial charge on any atom is 0.224 e. The number of benzene rings is 2. The van der Waals surface area contributed by atoms with E-state index in [1.165, 1.54) is 27.7 Å². The van der Waals surface area contributed by atoms with E-state index in [0.717, 1.165) is 35.3 Å². The van der Waals surface area contributed by atoms with Crippen molar-refractivity contribution in [3.8, 4) is 5.75 Å². The van der Waals surface area contributed by atoms with Gasteiger partial charge < -0.3 is 14.6 Å². The first-order valence-corrected chi connectivity index (χ1v) is 11.4. The van der Waals surface area contributed by atoms with Crippen molar-refractivity contribution in [3.63, 3.8) is 0 Å². The Kier molecular flexibility index (Phi) is 6.90. The first kappa shape index (κ1) is 22.1. The summed E-state index contributed by atoms with van der Waals surface area (Å²) in [6.07, 6.45) is 5.41. The standard InChI is InChI=1S/C26H26BrN3O2/c1-18-23(4-3-5-26(31)29-21-12-14-28-15-13-21)24-16-22(32-2)10-11-25(24)30(18)17-19-6-8-20(27)9-7-19/h6-16H,3-5,17H2,1-2H3,(H,28,29,31). The van der Waals surface area contributed by atoms with Gasteiger partial charge in [-0.1, -0.05) is 28.1 Å². The molecule has 0 unspecified atom stereocenters. The van der Waals surface area contributed by atoms with Crippen molar-refractivity contribution >= 4 is 38.4 Å². The number of halogens is 1. The highest BCUT2D eigenvalue weighted by molar-refractivity contribution is 9.10. The van der Waals surface area contributed by atoms with Gasteiger partial charge in [-0.25, -0.2) is 0 Å². The molecular weight excluding hydrogens is 466 g/mol. The first-order valence-electron chi connectivity index (χ1n) is 10.6. The van der Waals surface area contributed by atoms with Gasteiger partial charge in [-0.2, -0.15) is 0 Å². The number of amides is 1. The Labute approximate surface area is 196 Å². The van der Waals surface area contributed by atoms with E-state index in [4.69, 9.17) is 4.74 Å². The summed E-state index contributed by atoms with van der Waals surface area (Å²) in [5.41, 5.74) is 5.70. The van der Waals surface area contributed by atoms with E-state index in [1.807, 2.05) is 6.07 Å². The number of anilines is 1. The number of fused-ring (bicyclic) bond motifs is 1. The Morgan fingerprint density at radius 2 is 1.84 bits per heavy atom. The molecule has 164 valence electrons. The molecular formula is C26H26BrN3O2. The number of hydrogen-bond acceptors (Lipinski definition) is 3. The summed E-state index contributed by atoms with van der Waals surface area (Å²) in [6.45, 7) is 2.96. The normalized spacial score (nSPS) is 11.0. The molecule has 0 aliphatic carbocycles. The number of carbonyl (C=O) groups is 1. The zero-order valence-corrected chi connectivity index (χ0v) is 19.9. The highest BCUT2D eigenvalue weighted by Crippen LogP contribution is 2.31. The van der Waals surface area contributed by atoms with Crippen LogP contribution in [0.4, 0.5) is 5.69 Å². The Morgan fingerprint density at radius 3 is 2.56 bits per heavy atom. The summed E-state index contributed by atoms with van der Waals surface area (Å²) in [5, 5.41) is 4.12. The maximum atomic E-state index is 12.4. The van der Waals surface area contributed by atoms with Gasteiger partial charge in [0.2, 0.25) is 5.91 Å². The molecule has 0 radical (unpaired) electrons. The Bertz CT molecular complexity index is 1220. The lowest BCUT2D eigenvalue weighted by Crippen LogP contribution is -2.11. The molecule has 1 N–H and O–H groups in total. The SMILES string of the molecule is COc1ccc2c(c1)c(CCCC(=O)Nc1ccncc1)c(C)n2Cc1ccc(Br)cc1. The van der Waals surface area contributed by atoms with Crippen molar-refractivity contribution in [1.82, 2.24) is 9.55 Å². The fraction of sp³-hybridized carbons (Fsp3) is 0.231. The number of nitrogens with one attached hydrogen (secondary N) is 1. The van der Waals surface area contributed by atoms with E-state index < -0.39 is 0 Å². The zero-order chi connectivity index (χ0) is 22.5. The summed E-state index contributed by atoms with van der Waals surface area (Å²) in [6, 6.07) is 18.2. The molecule has 0 aliphatic rings. The third-order valence-electron chi connectivity index (χ3n) is 5.71. The number of hydrogen-bond donors (Lipinski definition) is 1. The second kappa shape index (κ2) is 10.0. The van der Waals surface area contributed by atoms with Crippen molar-refractivity contribution < 1.29 is 9.53 Å². The van der Waals surface area contributed by atoms with E-state index in [2.05, 4.69) is 74.1 Å². The van der Waals surface area contributed by atoms with E-state index in [1.54, 1.807) is 31.6 Å². The average Bonchev–Trinajstić information content (AvgIpc) is 3.06. The first-order chi connectivity index (χ1) is 15.5. The second-order valence-corrected chi connectivity index (χ2v) is 8.71. The molecule has 0 saturated heterocycles. The molecule has 2 heterocycles. The monoisotopic (exact) mass is 491 g/mol. The summed E-state index contributed by atoms with van der Waals surface area (Å²) < 4.78 is 8.91. The largest absolute Gasteiger partial charge is 0.497 e. The zero-order valence-electron chi connectivity index (χ0n) is 18.3. The fourth-order valence-electron chi connectivity index (χ4n) is 4.03. The quantitative estimate of drug-likeness (QED) is 0.322. The molecule has 0 atom stereocenters. The van der Waals surface area contributed by atoms with Crippen molar-refractivity contribution in [2.45, 2.75) is 32.7 Å². The number of methoxy groups -OCH3 is 1. The van der Waals surface area contributed by atoms with Gasteiger partial charge in [0.15, 0.2) is 0 Å². The molecule has 0 fully saturated rings. The number of pyridine rings is 1. The molecule has 4 rings (SSSR count). The van der Waals surface area contributed by atoms with E-state index >= 15 is 0 Å².